The molecule has 0 unspecified atom stereocenters. The molecule has 1 aromatic heterocycles. The van der Waals surface area contributed by atoms with Crippen LogP contribution >= 0.6 is 46.4 Å². The van der Waals surface area contributed by atoms with Crippen molar-refractivity contribution in [2.75, 3.05) is 0 Å². The maximum atomic E-state index is 9.54. The van der Waals surface area contributed by atoms with Gasteiger partial charge in [-0.15, -0.1) is 0 Å². The first-order chi connectivity index (χ1) is 8.52. The average Bonchev–Trinajstić information content (AvgIpc) is 2.87. The van der Waals surface area contributed by atoms with Crippen LogP contribution in [0.5, 0.6) is 11.5 Å². The van der Waals surface area contributed by atoms with Crippen LogP contribution in [0.1, 0.15) is 5.76 Å². The van der Waals surface area contributed by atoms with Crippen molar-refractivity contribution in [1.82, 2.24) is 0 Å². The summed E-state index contributed by atoms with van der Waals surface area (Å²) in [5.74, 6) is 0.309. The highest BCUT2D eigenvalue weighted by atomic mass is 35.5. The van der Waals surface area contributed by atoms with Gasteiger partial charge in [0.25, 0.3) is 0 Å². The molecule has 1 heterocycles. The minimum absolute atomic E-state index is 0.00452. The molecule has 0 radical (unpaired) electrons. The standard InChI is InChI=1S/C11H6Cl4O3/c12-6-8(14)11(9(15)7(13)10(6)16)18-4-5-2-1-3-17-5/h1-3,16H,4H2. The number of phenolic OH excluding ortho intramolecular Hbond substituents is 1. The van der Waals surface area contributed by atoms with Crippen LogP contribution < -0.4 is 4.74 Å². The molecule has 7 heteroatoms. The summed E-state index contributed by atoms with van der Waals surface area (Å²) in [7, 11) is 0. The van der Waals surface area contributed by atoms with Gasteiger partial charge < -0.3 is 14.3 Å². The van der Waals surface area contributed by atoms with Crippen LogP contribution in [0.15, 0.2) is 22.8 Å². The zero-order chi connectivity index (χ0) is 13.3. The molecule has 0 fully saturated rings. The second kappa shape index (κ2) is 5.49. The van der Waals surface area contributed by atoms with Gasteiger partial charge in [-0.2, -0.15) is 0 Å². The Balaban J connectivity index is 2.33. The molecule has 1 aromatic carbocycles. The Bertz CT molecular complexity index is 537. The normalized spacial score (nSPS) is 10.7. The third-order valence-corrected chi connectivity index (χ3v) is 3.79. The van der Waals surface area contributed by atoms with Crippen LogP contribution in [-0.2, 0) is 6.61 Å². The first-order valence-electron chi connectivity index (χ1n) is 4.72. The molecule has 0 aliphatic rings. The molecule has 18 heavy (non-hydrogen) atoms. The smallest absolute Gasteiger partial charge is 0.160 e. The Labute approximate surface area is 123 Å². The SMILES string of the molecule is Oc1c(Cl)c(Cl)c(OCc2ccco2)c(Cl)c1Cl. The maximum absolute atomic E-state index is 9.54. The molecule has 96 valence electrons. The van der Waals surface area contributed by atoms with Crippen LogP contribution in [0.3, 0.4) is 0 Å². The van der Waals surface area contributed by atoms with Gasteiger partial charge in [-0.3, -0.25) is 0 Å². The third kappa shape index (κ3) is 2.50. The Morgan fingerprint density at radius 2 is 1.67 bits per heavy atom. The maximum Gasteiger partial charge on any atom is 0.160 e. The summed E-state index contributed by atoms with van der Waals surface area (Å²) in [6, 6.07) is 3.45. The minimum atomic E-state index is -0.376. The van der Waals surface area contributed by atoms with Crippen molar-refractivity contribution >= 4 is 46.4 Å². The van der Waals surface area contributed by atoms with Gasteiger partial charge in [0.05, 0.1) is 6.26 Å². The van der Waals surface area contributed by atoms with E-state index < -0.39 is 0 Å². The van der Waals surface area contributed by atoms with Crippen LogP contribution in [0.4, 0.5) is 0 Å². The molecule has 0 saturated heterocycles. The summed E-state index contributed by atoms with van der Waals surface area (Å²) in [4.78, 5) is 0. The summed E-state index contributed by atoms with van der Waals surface area (Å²) < 4.78 is 10.5. The largest absolute Gasteiger partial charge is 0.505 e. The number of hydrogen-bond acceptors (Lipinski definition) is 3. The molecule has 0 spiro atoms. The Morgan fingerprint density at radius 3 is 2.17 bits per heavy atom. The van der Waals surface area contributed by atoms with E-state index in [2.05, 4.69) is 0 Å². The number of benzene rings is 1. The van der Waals surface area contributed by atoms with Crippen LogP contribution in [0.2, 0.25) is 20.1 Å². The van der Waals surface area contributed by atoms with Gasteiger partial charge in [0, 0.05) is 0 Å². The number of phenols is 1. The molecular weight excluding hydrogens is 322 g/mol. The average molecular weight is 328 g/mol. The van der Waals surface area contributed by atoms with Crippen molar-refractivity contribution in [2.45, 2.75) is 6.61 Å². The molecule has 0 bridgehead atoms. The van der Waals surface area contributed by atoms with Gasteiger partial charge in [0.1, 0.15) is 32.5 Å². The van der Waals surface area contributed by atoms with E-state index in [4.69, 9.17) is 55.6 Å². The summed E-state index contributed by atoms with van der Waals surface area (Å²) in [5.41, 5.74) is 0. The van der Waals surface area contributed by atoms with Gasteiger partial charge in [0.15, 0.2) is 11.5 Å². The van der Waals surface area contributed by atoms with Crippen LogP contribution in [0, 0.1) is 0 Å². The molecule has 2 aromatic rings. The quantitative estimate of drug-likeness (QED) is 0.790. The summed E-state index contributed by atoms with van der Waals surface area (Å²) in [6.45, 7) is 0.115. The van der Waals surface area contributed by atoms with Gasteiger partial charge in [-0.25, -0.2) is 0 Å². The van der Waals surface area contributed by atoms with Crippen molar-refractivity contribution < 1.29 is 14.3 Å². The highest BCUT2D eigenvalue weighted by molar-refractivity contribution is 6.50. The molecule has 2 rings (SSSR count). The van der Waals surface area contributed by atoms with Gasteiger partial charge in [-0.05, 0) is 12.1 Å². The van der Waals surface area contributed by atoms with E-state index in [0.717, 1.165) is 0 Å². The third-order valence-electron chi connectivity index (χ3n) is 2.14. The highest BCUT2D eigenvalue weighted by Crippen LogP contribution is 2.49. The first-order valence-corrected chi connectivity index (χ1v) is 6.23. The van der Waals surface area contributed by atoms with Crippen molar-refractivity contribution in [3.05, 3.63) is 44.2 Å². The number of halogens is 4. The Morgan fingerprint density at radius 1 is 1.06 bits per heavy atom. The summed E-state index contributed by atoms with van der Waals surface area (Å²) in [6.07, 6.45) is 1.51. The molecule has 0 atom stereocenters. The van der Waals surface area contributed by atoms with Gasteiger partial charge in [0.2, 0.25) is 0 Å². The molecule has 1 N–H and O–H groups in total. The second-order valence-corrected chi connectivity index (χ2v) is 4.81. The summed E-state index contributed by atoms with van der Waals surface area (Å²) in [5, 5.41) is 9.31. The van der Waals surface area contributed by atoms with E-state index in [-0.39, 0.29) is 38.2 Å². The molecular formula is C11H6Cl4O3. The fraction of sp³-hybridized carbons (Fsp3) is 0.0909. The lowest BCUT2D eigenvalue weighted by molar-refractivity contribution is 0.270. The molecule has 0 amide bonds. The number of furan rings is 1. The summed E-state index contributed by atoms with van der Waals surface area (Å²) >= 11 is 23.4. The molecule has 0 aliphatic heterocycles. The Hall–Kier alpha value is -0.740. The Kier molecular flexibility index (Phi) is 4.17. The van der Waals surface area contributed by atoms with Gasteiger partial charge in [-0.1, -0.05) is 46.4 Å². The zero-order valence-corrected chi connectivity index (χ0v) is 11.7. The number of hydrogen-bond donors (Lipinski definition) is 1. The number of rotatable bonds is 3. The molecule has 0 saturated carbocycles. The fourth-order valence-corrected chi connectivity index (χ4v) is 2.20. The van der Waals surface area contributed by atoms with Gasteiger partial charge >= 0.3 is 0 Å². The number of aromatic hydroxyl groups is 1. The highest BCUT2D eigenvalue weighted by Gasteiger charge is 2.21. The zero-order valence-electron chi connectivity index (χ0n) is 8.71. The molecule has 3 nitrogen and oxygen atoms in total. The predicted molar refractivity (Wildman–Crippen MR) is 71.2 cm³/mol. The van der Waals surface area contributed by atoms with Crippen molar-refractivity contribution in [3.8, 4) is 11.5 Å². The van der Waals surface area contributed by atoms with E-state index >= 15 is 0 Å². The lowest BCUT2D eigenvalue weighted by Gasteiger charge is -2.12. The van der Waals surface area contributed by atoms with Crippen molar-refractivity contribution in [2.24, 2.45) is 0 Å². The predicted octanol–water partition coefficient (Wildman–Crippen LogP) is 5.18. The second-order valence-electron chi connectivity index (χ2n) is 3.30. The fourth-order valence-electron chi connectivity index (χ4n) is 1.26. The number of ether oxygens (including phenoxy) is 1. The molecule has 0 aliphatic carbocycles. The van der Waals surface area contributed by atoms with E-state index in [9.17, 15) is 5.11 Å². The van der Waals surface area contributed by atoms with E-state index in [1.54, 1.807) is 12.1 Å². The minimum Gasteiger partial charge on any atom is -0.505 e. The lowest BCUT2D eigenvalue weighted by Crippen LogP contribution is -1.96. The van der Waals surface area contributed by atoms with Crippen LogP contribution in [-0.4, -0.2) is 5.11 Å². The van der Waals surface area contributed by atoms with Crippen molar-refractivity contribution in [3.63, 3.8) is 0 Å². The first kappa shape index (κ1) is 13.7. The van der Waals surface area contributed by atoms with E-state index in [0.29, 0.717) is 5.76 Å². The van der Waals surface area contributed by atoms with E-state index in [1.165, 1.54) is 6.26 Å². The monoisotopic (exact) mass is 326 g/mol. The topological polar surface area (TPSA) is 42.6 Å². The lowest BCUT2D eigenvalue weighted by atomic mass is 10.3. The van der Waals surface area contributed by atoms with E-state index in [1.807, 2.05) is 0 Å². The van der Waals surface area contributed by atoms with Crippen LogP contribution in [0.25, 0.3) is 0 Å². The van der Waals surface area contributed by atoms with Crippen molar-refractivity contribution in [1.29, 1.82) is 0 Å².